The van der Waals surface area contributed by atoms with Crippen LogP contribution in [0, 0.1) is 6.92 Å². The van der Waals surface area contributed by atoms with Gasteiger partial charge in [0.05, 0.1) is 6.42 Å². The molecule has 2 atom stereocenters. The van der Waals surface area contributed by atoms with E-state index in [0.29, 0.717) is 18.0 Å². The summed E-state index contributed by atoms with van der Waals surface area (Å²) in [6, 6.07) is 14.9. The molecule has 0 aliphatic rings. The van der Waals surface area contributed by atoms with Crippen LogP contribution in [0.5, 0.6) is 0 Å². The number of benzene rings is 2. The summed E-state index contributed by atoms with van der Waals surface area (Å²) in [5.74, 6) is -0.215. The van der Waals surface area contributed by atoms with Crippen molar-refractivity contribution in [3.05, 3.63) is 70.2 Å². The van der Waals surface area contributed by atoms with E-state index in [0.717, 1.165) is 23.1 Å². The molecule has 1 N–H and O–H groups in total. The average molecular weight is 415 g/mol. The van der Waals surface area contributed by atoms with Gasteiger partial charge in [0.2, 0.25) is 11.8 Å². The number of nitrogens with zero attached hydrogens (tertiary/aromatic N) is 1. The van der Waals surface area contributed by atoms with Gasteiger partial charge in [-0.25, -0.2) is 0 Å². The number of rotatable bonds is 9. The summed E-state index contributed by atoms with van der Waals surface area (Å²) in [7, 11) is 0. The quantitative estimate of drug-likeness (QED) is 0.633. The normalized spacial score (nSPS) is 12.9. The van der Waals surface area contributed by atoms with Crippen molar-refractivity contribution < 1.29 is 9.59 Å². The zero-order valence-corrected chi connectivity index (χ0v) is 18.5. The van der Waals surface area contributed by atoms with Gasteiger partial charge in [-0.1, -0.05) is 73.5 Å². The lowest BCUT2D eigenvalue weighted by Crippen LogP contribution is -2.51. The minimum atomic E-state index is -0.528. The minimum Gasteiger partial charge on any atom is -0.352 e. The molecule has 0 bridgehead atoms. The molecule has 0 fully saturated rings. The number of nitrogens with one attached hydrogen (secondary N) is 1. The first-order valence-corrected chi connectivity index (χ1v) is 10.6. The van der Waals surface area contributed by atoms with Gasteiger partial charge in [-0.15, -0.1) is 0 Å². The number of hydrogen-bond acceptors (Lipinski definition) is 2. The van der Waals surface area contributed by atoms with Gasteiger partial charge in [0.1, 0.15) is 6.04 Å². The Hall–Kier alpha value is -2.33. The number of hydrogen-bond donors (Lipinski definition) is 1. The molecule has 4 nitrogen and oxygen atoms in total. The van der Waals surface area contributed by atoms with Gasteiger partial charge >= 0.3 is 0 Å². The smallest absolute Gasteiger partial charge is 0.243 e. The van der Waals surface area contributed by atoms with Crippen molar-refractivity contribution in [3.63, 3.8) is 0 Å². The van der Waals surface area contributed by atoms with Crippen LogP contribution in [0.3, 0.4) is 0 Å². The zero-order chi connectivity index (χ0) is 21.4. The Kier molecular flexibility index (Phi) is 8.71. The van der Waals surface area contributed by atoms with Gasteiger partial charge in [0.15, 0.2) is 0 Å². The van der Waals surface area contributed by atoms with Crippen molar-refractivity contribution in [3.8, 4) is 0 Å². The molecule has 0 aliphatic carbocycles. The maximum atomic E-state index is 13.3. The molecule has 0 unspecified atom stereocenters. The number of aryl methyl sites for hydroxylation is 1. The summed E-state index contributed by atoms with van der Waals surface area (Å²) in [6.07, 6.45) is 1.55. The first kappa shape index (κ1) is 23.0. The Labute approximate surface area is 179 Å². The second-order valence-corrected chi connectivity index (χ2v) is 7.93. The third-order valence-electron chi connectivity index (χ3n) is 5.12. The number of halogens is 1. The summed E-state index contributed by atoms with van der Waals surface area (Å²) in [5.41, 5.74) is 2.90. The van der Waals surface area contributed by atoms with Crippen molar-refractivity contribution in [2.24, 2.45) is 0 Å². The second-order valence-electron chi connectivity index (χ2n) is 7.52. The SMILES string of the molecule is CC[C@H](C(=O)N[C@@H](C)CC)N(Cc1cccc(C)c1)C(=O)Cc1ccccc1Cl. The van der Waals surface area contributed by atoms with Crippen LogP contribution in [0.4, 0.5) is 0 Å². The maximum absolute atomic E-state index is 13.3. The number of amides is 2. The number of carbonyl (C=O) groups excluding carboxylic acids is 2. The molecule has 0 aromatic heterocycles. The lowest BCUT2D eigenvalue weighted by molar-refractivity contribution is -0.141. The summed E-state index contributed by atoms with van der Waals surface area (Å²) in [6.45, 7) is 8.34. The van der Waals surface area contributed by atoms with Crippen LogP contribution in [0.25, 0.3) is 0 Å². The lowest BCUT2D eigenvalue weighted by Gasteiger charge is -2.31. The van der Waals surface area contributed by atoms with Gasteiger partial charge in [0.25, 0.3) is 0 Å². The Morgan fingerprint density at radius 1 is 1.07 bits per heavy atom. The van der Waals surface area contributed by atoms with Crippen molar-refractivity contribution in [2.45, 2.75) is 65.6 Å². The van der Waals surface area contributed by atoms with E-state index in [1.165, 1.54) is 0 Å². The summed E-state index contributed by atoms with van der Waals surface area (Å²) >= 11 is 6.27. The molecule has 2 aromatic carbocycles. The van der Waals surface area contributed by atoms with E-state index in [4.69, 9.17) is 11.6 Å². The van der Waals surface area contributed by atoms with E-state index in [2.05, 4.69) is 11.4 Å². The van der Waals surface area contributed by atoms with E-state index in [-0.39, 0.29) is 24.3 Å². The standard InChI is InChI=1S/C24H31ClN2O2/c1-5-18(4)26-24(29)22(6-2)27(16-19-11-9-10-17(3)14-19)23(28)15-20-12-7-8-13-21(20)25/h7-14,18,22H,5-6,15-16H2,1-4H3,(H,26,29)/t18-,22+/m0/s1. The molecule has 2 rings (SSSR count). The predicted octanol–water partition coefficient (Wildman–Crippen LogP) is 4.91. The van der Waals surface area contributed by atoms with E-state index in [9.17, 15) is 9.59 Å². The molecule has 2 aromatic rings. The highest BCUT2D eigenvalue weighted by Crippen LogP contribution is 2.19. The molecule has 0 saturated heterocycles. The number of carbonyl (C=O) groups is 2. The first-order valence-electron chi connectivity index (χ1n) is 10.2. The van der Waals surface area contributed by atoms with Crippen LogP contribution in [-0.2, 0) is 22.6 Å². The summed E-state index contributed by atoms with van der Waals surface area (Å²) < 4.78 is 0. The van der Waals surface area contributed by atoms with Crippen molar-refractivity contribution in [1.29, 1.82) is 0 Å². The molecule has 29 heavy (non-hydrogen) atoms. The fourth-order valence-electron chi connectivity index (χ4n) is 3.27. The molecule has 2 amide bonds. The fraction of sp³-hybridized carbons (Fsp3) is 0.417. The Bertz CT molecular complexity index is 837. The van der Waals surface area contributed by atoms with Crippen LogP contribution in [0.15, 0.2) is 48.5 Å². The van der Waals surface area contributed by atoms with Crippen molar-refractivity contribution in [1.82, 2.24) is 10.2 Å². The van der Waals surface area contributed by atoms with Crippen LogP contribution < -0.4 is 5.32 Å². The topological polar surface area (TPSA) is 49.4 Å². The summed E-state index contributed by atoms with van der Waals surface area (Å²) in [5, 5.41) is 3.59. The van der Waals surface area contributed by atoms with E-state index in [1.54, 1.807) is 11.0 Å². The van der Waals surface area contributed by atoms with E-state index < -0.39 is 6.04 Å². The molecule has 0 aliphatic heterocycles. The highest BCUT2D eigenvalue weighted by Gasteiger charge is 2.29. The third-order valence-corrected chi connectivity index (χ3v) is 5.49. The Morgan fingerprint density at radius 2 is 1.79 bits per heavy atom. The molecular weight excluding hydrogens is 384 g/mol. The molecule has 0 radical (unpaired) electrons. The van der Waals surface area contributed by atoms with Gasteiger partial charge in [-0.3, -0.25) is 9.59 Å². The zero-order valence-electron chi connectivity index (χ0n) is 17.7. The van der Waals surface area contributed by atoms with Crippen LogP contribution in [0.1, 0.15) is 50.3 Å². The molecular formula is C24H31ClN2O2. The van der Waals surface area contributed by atoms with E-state index >= 15 is 0 Å². The lowest BCUT2D eigenvalue weighted by atomic mass is 10.1. The Balaban J connectivity index is 2.31. The minimum absolute atomic E-state index is 0.0658. The summed E-state index contributed by atoms with van der Waals surface area (Å²) in [4.78, 5) is 27.9. The van der Waals surface area contributed by atoms with Crippen molar-refractivity contribution >= 4 is 23.4 Å². The monoisotopic (exact) mass is 414 g/mol. The molecule has 0 spiro atoms. The van der Waals surface area contributed by atoms with Crippen LogP contribution >= 0.6 is 11.6 Å². The van der Waals surface area contributed by atoms with Gasteiger partial charge in [-0.2, -0.15) is 0 Å². The highest BCUT2D eigenvalue weighted by atomic mass is 35.5. The second kappa shape index (κ2) is 11.0. The van der Waals surface area contributed by atoms with E-state index in [1.807, 2.05) is 64.1 Å². The van der Waals surface area contributed by atoms with Gasteiger partial charge < -0.3 is 10.2 Å². The van der Waals surface area contributed by atoms with Crippen LogP contribution in [-0.4, -0.2) is 28.8 Å². The third kappa shape index (κ3) is 6.60. The fourth-order valence-corrected chi connectivity index (χ4v) is 3.48. The largest absolute Gasteiger partial charge is 0.352 e. The van der Waals surface area contributed by atoms with Crippen molar-refractivity contribution in [2.75, 3.05) is 0 Å². The molecule has 0 heterocycles. The van der Waals surface area contributed by atoms with Gasteiger partial charge in [0, 0.05) is 17.6 Å². The predicted molar refractivity (Wildman–Crippen MR) is 119 cm³/mol. The highest BCUT2D eigenvalue weighted by molar-refractivity contribution is 6.31. The maximum Gasteiger partial charge on any atom is 0.243 e. The average Bonchev–Trinajstić information content (AvgIpc) is 2.69. The molecule has 0 saturated carbocycles. The molecule has 5 heteroatoms. The first-order chi connectivity index (χ1) is 13.8. The van der Waals surface area contributed by atoms with Gasteiger partial charge in [-0.05, 0) is 43.9 Å². The molecule has 156 valence electrons. The van der Waals surface area contributed by atoms with Crippen LogP contribution in [0.2, 0.25) is 5.02 Å². The Morgan fingerprint density at radius 3 is 2.41 bits per heavy atom.